The van der Waals surface area contributed by atoms with E-state index >= 15 is 0 Å². The molecule has 172 valence electrons. The number of nitrogens with one attached hydrogen (secondary N) is 3. The van der Waals surface area contributed by atoms with Crippen LogP contribution >= 0.6 is 0 Å². The Morgan fingerprint density at radius 2 is 1.88 bits per heavy atom. The lowest BCUT2D eigenvalue weighted by atomic mass is 10.0. The maximum atomic E-state index is 13.3. The Labute approximate surface area is 190 Å². The highest BCUT2D eigenvalue weighted by Crippen LogP contribution is 2.27. The summed E-state index contributed by atoms with van der Waals surface area (Å²) in [6.07, 6.45) is 0.974. The van der Waals surface area contributed by atoms with Crippen LogP contribution in [0.15, 0.2) is 33.9 Å². The van der Waals surface area contributed by atoms with Gasteiger partial charge in [-0.15, -0.1) is 0 Å². The van der Waals surface area contributed by atoms with Crippen molar-refractivity contribution in [3.05, 3.63) is 61.9 Å². The molecule has 0 spiro atoms. The molecular weight excluding hydrogens is 422 g/mol. The number of pyridine rings is 1. The third-order valence-corrected chi connectivity index (χ3v) is 5.61. The first kappa shape index (κ1) is 22.4. The Balaban J connectivity index is 1.82. The monoisotopic (exact) mass is 449 g/mol. The first-order chi connectivity index (χ1) is 15.6. The van der Waals surface area contributed by atoms with E-state index in [1.54, 1.807) is 18.2 Å². The molecule has 0 bridgehead atoms. The van der Waals surface area contributed by atoms with Gasteiger partial charge in [0.05, 0.1) is 10.9 Å². The average molecular weight is 450 g/mol. The minimum absolute atomic E-state index is 0.0183. The van der Waals surface area contributed by atoms with Gasteiger partial charge in [-0.05, 0) is 48.1 Å². The van der Waals surface area contributed by atoms with Crippen molar-refractivity contribution in [2.75, 3.05) is 10.6 Å². The number of H-pyrrole nitrogens is 1. The van der Waals surface area contributed by atoms with E-state index < -0.39 is 17.2 Å². The van der Waals surface area contributed by atoms with Gasteiger partial charge in [-0.25, -0.2) is 9.78 Å². The molecule has 1 aliphatic heterocycles. The molecule has 0 atom stereocenters. The highest BCUT2D eigenvalue weighted by Gasteiger charge is 2.22. The summed E-state index contributed by atoms with van der Waals surface area (Å²) in [6, 6.07) is 6.88. The molecule has 3 aromatic rings. The summed E-state index contributed by atoms with van der Waals surface area (Å²) in [5.74, 6) is -0.385. The fourth-order valence-corrected chi connectivity index (χ4v) is 3.96. The standard InChI is InChI=1S/C24H27N5O4/c1-12(2)11-29-21-20(23(32)28-24(29)33)16(10-18(27-21)13(3)4)22(31)25-15-6-7-17-14(9-15)5-8-19(30)26-17/h6-7,9-10,12-13H,5,8,11H2,1-4H3,(H,25,31)(H,26,30)(H,28,32,33). The van der Waals surface area contributed by atoms with Crippen LogP contribution in [0.25, 0.3) is 11.0 Å². The van der Waals surface area contributed by atoms with Gasteiger partial charge in [-0.3, -0.25) is 23.9 Å². The zero-order valence-electron chi connectivity index (χ0n) is 19.1. The predicted octanol–water partition coefficient (Wildman–Crippen LogP) is 3.00. The van der Waals surface area contributed by atoms with Crippen LogP contribution in [0.3, 0.4) is 0 Å². The first-order valence-corrected chi connectivity index (χ1v) is 11.1. The van der Waals surface area contributed by atoms with E-state index in [0.717, 1.165) is 11.3 Å². The van der Waals surface area contributed by atoms with Gasteiger partial charge in [-0.2, -0.15) is 0 Å². The molecule has 1 aliphatic rings. The van der Waals surface area contributed by atoms with Crippen molar-refractivity contribution in [3.8, 4) is 0 Å². The van der Waals surface area contributed by atoms with E-state index in [1.165, 1.54) is 4.57 Å². The molecule has 3 N–H and O–H groups in total. The number of rotatable bonds is 5. The second kappa shape index (κ2) is 8.65. The Hall–Kier alpha value is -3.75. The maximum absolute atomic E-state index is 13.3. The van der Waals surface area contributed by atoms with E-state index in [0.29, 0.717) is 30.8 Å². The van der Waals surface area contributed by atoms with Gasteiger partial charge in [-0.1, -0.05) is 27.7 Å². The van der Waals surface area contributed by atoms with E-state index in [1.807, 2.05) is 33.8 Å². The average Bonchev–Trinajstić information content (AvgIpc) is 2.75. The lowest BCUT2D eigenvalue weighted by molar-refractivity contribution is -0.116. The number of carbonyl (C=O) groups is 2. The third kappa shape index (κ3) is 4.44. The highest BCUT2D eigenvalue weighted by molar-refractivity contribution is 6.12. The van der Waals surface area contributed by atoms with Gasteiger partial charge in [0.2, 0.25) is 5.91 Å². The molecule has 3 heterocycles. The fourth-order valence-electron chi connectivity index (χ4n) is 3.96. The van der Waals surface area contributed by atoms with Crippen LogP contribution < -0.4 is 21.9 Å². The van der Waals surface area contributed by atoms with Gasteiger partial charge < -0.3 is 10.6 Å². The molecule has 0 saturated heterocycles. The third-order valence-electron chi connectivity index (χ3n) is 5.61. The van der Waals surface area contributed by atoms with Gasteiger partial charge in [0.1, 0.15) is 0 Å². The Bertz CT molecular complexity index is 1380. The molecule has 4 rings (SSSR count). The summed E-state index contributed by atoms with van der Waals surface area (Å²) in [4.78, 5) is 57.2. The normalized spacial score (nSPS) is 13.3. The van der Waals surface area contributed by atoms with Crippen molar-refractivity contribution in [1.82, 2.24) is 14.5 Å². The lowest BCUT2D eigenvalue weighted by Gasteiger charge is -2.18. The van der Waals surface area contributed by atoms with Crippen LogP contribution in [0.2, 0.25) is 0 Å². The number of aromatic amines is 1. The van der Waals surface area contributed by atoms with E-state index in [4.69, 9.17) is 0 Å². The number of hydrogen-bond acceptors (Lipinski definition) is 5. The van der Waals surface area contributed by atoms with Gasteiger partial charge in [0.15, 0.2) is 5.65 Å². The van der Waals surface area contributed by atoms with Crippen molar-refractivity contribution in [3.63, 3.8) is 0 Å². The molecular formula is C24H27N5O4. The number of anilines is 2. The highest BCUT2D eigenvalue weighted by atomic mass is 16.2. The zero-order valence-corrected chi connectivity index (χ0v) is 19.1. The topological polar surface area (TPSA) is 126 Å². The molecule has 9 nitrogen and oxygen atoms in total. The molecule has 2 amide bonds. The Morgan fingerprint density at radius 1 is 1.12 bits per heavy atom. The second-order valence-electron chi connectivity index (χ2n) is 9.09. The largest absolute Gasteiger partial charge is 0.330 e. The summed E-state index contributed by atoms with van der Waals surface area (Å²) in [5.41, 5.74) is 2.01. The van der Waals surface area contributed by atoms with Crippen LogP contribution in [-0.4, -0.2) is 26.3 Å². The number of amides is 2. The number of aryl methyl sites for hydroxylation is 1. The number of aromatic nitrogens is 3. The molecule has 9 heteroatoms. The van der Waals surface area contributed by atoms with Crippen LogP contribution in [-0.2, 0) is 17.8 Å². The van der Waals surface area contributed by atoms with Gasteiger partial charge in [0.25, 0.3) is 11.5 Å². The summed E-state index contributed by atoms with van der Waals surface area (Å²) in [5, 5.41) is 5.76. The molecule has 2 aromatic heterocycles. The van der Waals surface area contributed by atoms with Crippen molar-refractivity contribution >= 4 is 34.2 Å². The number of benzene rings is 1. The summed E-state index contributed by atoms with van der Waals surface area (Å²) in [7, 11) is 0. The minimum atomic E-state index is -0.642. The Morgan fingerprint density at radius 3 is 2.58 bits per heavy atom. The van der Waals surface area contributed by atoms with Gasteiger partial charge in [0, 0.05) is 30.0 Å². The van der Waals surface area contributed by atoms with Crippen LogP contribution in [0, 0.1) is 5.92 Å². The lowest BCUT2D eigenvalue weighted by Crippen LogP contribution is -2.33. The fraction of sp³-hybridized carbons (Fsp3) is 0.375. The van der Waals surface area contributed by atoms with Crippen LogP contribution in [0.4, 0.5) is 11.4 Å². The van der Waals surface area contributed by atoms with Crippen LogP contribution in [0.5, 0.6) is 0 Å². The number of carbonyl (C=O) groups excluding carboxylic acids is 2. The second-order valence-corrected chi connectivity index (χ2v) is 9.09. The molecule has 0 aliphatic carbocycles. The SMILES string of the molecule is CC(C)Cn1c(=O)[nH]c(=O)c2c(C(=O)Nc3ccc4c(c3)CCC(=O)N4)cc(C(C)C)nc21. The maximum Gasteiger partial charge on any atom is 0.330 e. The van der Waals surface area contributed by atoms with E-state index in [9.17, 15) is 19.2 Å². The van der Waals surface area contributed by atoms with E-state index in [-0.39, 0.29) is 34.3 Å². The summed E-state index contributed by atoms with van der Waals surface area (Å²) < 4.78 is 1.42. The molecule has 0 fully saturated rings. The summed E-state index contributed by atoms with van der Waals surface area (Å²) >= 11 is 0. The van der Waals surface area contributed by atoms with Crippen molar-refractivity contribution in [2.24, 2.45) is 5.92 Å². The smallest absolute Gasteiger partial charge is 0.326 e. The number of hydrogen-bond donors (Lipinski definition) is 3. The Kier molecular flexibility index (Phi) is 5.88. The van der Waals surface area contributed by atoms with E-state index in [2.05, 4.69) is 20.6 Å². The van der Waals surface area contributed by atoms with Crippen molar-refractivity contribution in [1.29, 1.82) is 0 Å². The van der Waals surface area contributed by atoms with Gasteiger partial charge >= 0.3 is 5.69 Å². The zero-order chi connectivity index (χ0) is 23.9. The summed E-state index contributed by atoms with van der Waals surface area (Å²) in [6.45, 7) is 8.15. The molecule has 33 heavy (non-hydrogen) atoms. The minimum Gasteiger partial charge on any atom is -0.326 e. The molecule has 0 radical (unpaired) electrons. The first-order valence-electron chi connectivity index (χ1n) is 11.1. The number of nitrogens with zero attached hydrogens (tertiary/aromatic N) is 2. The van der Waals surface area contributed by atoms with Crippen molar-refractivity contribution < 1.29 is 9.59 Å². The molecule has 1 aromatic carbocycles. The quantitative estimate of drug-likeness (QED) is 0.552. The molecule has 0 saturated carbocycles. The van der Waals surface area contributed by atoms with Crippen molar-refractivity contribution in [2.45, 2.75) is 53.0 Å². The predicted molar refractivity (Wildman–Crippen MR) is 127 cm³/mol. The van der Waals surface area contributed by atoms with Crippen LogP contribution in [0.1, 0.15) is 61.6 Å². The molecule has 0 unspecified atom stereocenters. The number of fused-ring (bicyclic) bond motifs is 2.